The van der Waals surface area contributed by atoms with Crippen LogP contribution in [0.15, 0.2) is 24.3 Å². The molecule has 2 rings (SSSR count). The molecule has 3 nitrogen and oxygen atoms in total. The van der Waals surface area contributed by atoms with E-state index < -0.39 is 0 Å². The fourth-order valence-electron chi connectivity index (χ4n) is 1.77. The molecule has 0 unspecified atom stereocenters. The predicted octanol–water partition coefficient (Wildman–Crippen LogP) is 2.15. The van der Waals surface area contributed by atoms with Gasteiger partial charge in [-0.15, -0.1) is 0 Å². The van der Waals surface area contributed by atoms with E-state index in [1.165, 1.54) is 5.69 Å². The van der Waals surface area contributed by atoms with Gasteiger partial charge in [0.15, 0.2) is 0 Å². The second-order valence-corrected chi connectivity index (χ2v) is 3.81. The molecule has 4 N–H and O–H groups in total. The van der Waals surface area contributed by atoms with Crippen LogP contribution < -0.4 is 5.73 Å². The lowest BCUT2D eigenvalue weighted by molar-refractivity contribution is 0.476. The summed E-state index contributed by atoms with van der Waals surface area (Å²) < 4.78 is 0. The SMILES string of the molecule is NCCCCc1cc2cc(O)ccc2[nH]1. The summed E-state index contributed by atoms with van der Waals surface area (Å²) in [5.74, 6) is 0.315. The van der Waals surface area contributed by atoms with Gasteiger partial charge in [0.05, 0.1) is 0 Å². The van der Waals surface area contributed by atoms with E-state index in [2.05, 4.69) is 11.1 Å². The Morgan fingerprint density at radius 2 is 2.07 bits per heavy atom. The molecule has 1 aromatic carbocycles. The van der Waals surface area contributed by atoms with E-state index in [1.54, 1.807) is 12.1 Å². The third-order valence-electron chi connectivity index (χ3n) is 2.56. The van der Waals surface area contributed by atoms with Gasteiger partial charge in [0.1, 0.15) is 5.75 Å². The van der Waals surface area contributed by atoms with Crippen LogP contribution in [0.25, 0.3) is 10.9 Å². The molecular formula is C12H16N2O. The van der Waals surface area contributed by atoms with Crippen molar-refractivity contribution in [1.82, 2.24) is 4.98 Å². The van der Waals surface area contributed by atoms with Crippen molar-refractivity contribution in [2.24, 2.45) is 5.73 Å². The van der Waals surface area contributed by atoms with Crippen molar-refractivity contribution in [3.05, 3.63) is 30.0 Å². The lowest BCUT2D eigenvalue weighted by Gasteiger charge is -1.95. The van der Waals surface area contributed by atoms with Crippen LogP contribution in [0, 0.1) is 0 Å². The molecule has 1 heterocycles. The lowest BCUT2D eigenvalue weighted by Crippen LogP contribution is -1.98. The van der Waals surface area contributed by atoms with Crippen LogP contribution in [0.2, 0.25) is 0 Å². The maximum absolute atomic E-state index is 9.32. The van der Waals surface area contributed by atoms with Gasteiger partial charge in [-0.3, -0.25) is 0 Å². The molecule has 0 radical (unpaired) electrons. The highest BCUT2D eigenvalue weighted by Crippen LogP contribution is 2.21. The molecular weight excluding hydrogens is 188 g/mol. The maximum Gasteiger partial charge on any atom is 0.116 e. The van der Waals surface area contributed by atoms with Crippen LogP contribution >= 0.6 is 0 Å². The zero-order chi connectivity index (χ0) is 10.7. The molecule has 0 atom stereocenters. The number of nitrogens with one attached hydrogen (secondary N) is 1. The van der Waals surface area contributed by atoms with Gasteiger partial charge in [0, 0.05) is 16.6 Å². The first kappa shape index (κ1) is 10.1. The molecule has 2 aromatic rings. The van der Waals surface area contributed by atoms with E-state index >= 15 is 0 Å². The molecule has 0 aliphatic heterocycles. The number of rotatable bonds is 4. The average molecular weight is 204 g/mol. The number of hydrogen-bond donors (Lipinski definition) is 3. The molecule has 0 aliphatic carbocycles. The number of aromatic amines is 1. The Morgan fingerprint density at radius 1 is 1.20 bits per heavy atom. The Bertz CT molecular complexity index is 448. The molecule has 0 bridgehead atoms. The minimum atomic E-state index is 0.315. The largest absolute Gasteiger partial charge is 0.508 e. The molecule has 1 aromatic heterocycles. The van der Waals surface area contributed by atoms with Gasteiger partial charge >= 0.3 is 0 Å². The summed E-state index contributed by atoms with van der Waals surface area (Å²) in [6.07, 6.45) is 3.18. The molecule has 0 aliphatic rings. The number of aromatic hydroxyl groups is 1. The molecule has 0 saturated carbocycles. The number of nitrogens with two attached hydrogens (primary N) is 1. The van der Waals surface area contributed by atoms with Crippen molar-refractivity contribution >= 4 is 10.9 Å². The number of H-pyrrole nitrogens is 1. The van der Waals surface area contributed by atoms with Crippen LogP contribution in [0.3, 0.4) is 0 Å². The molecule has 3 heteroatoms. The first-order chi connectivity index (χ1) is 7.29. The molecule has 0 spiro atoms. The molecule has 0 saturated heterocycles. The Morgan fingerprint density at radius 3 is 2.87 bits per heavy atom. The van der Waals surface area contributed by atoms with Crippen LogP contribution in [0.1, 0.15) is 18.5 Å². The third kappa shape index (κ3) is 2.30. The van der Waals surface area contributed by atoms with E-state index in [0.29, 0.717) is 5.75 Å². The normalized spacial score (nSPS) is 11.0. The van der Waals surface area contributed by atoms with Gasteiger partial charge in [0.25, 0.3) is 0 Å². The standard InChI is InChI=1S/C12H16N2O/c13-6-2-1-3-10-7-9-8-11(15)4-5-12(9)14-10/h4-5,7-8,14-15H,1-3,6,13H2. The Balaban J connectivity index is 2.16. The summed E-state index contributed by atoms with van der Waals surface area (Å²) in [4.78, 5) is 3.33. The first-order valence-electron chi connectivity index (χ1n) is 5.30. The van der Waals surface area contributed by atoms with Crippen molar-refractivity contribution in [3.63, 3.8) is 0 Å². The molecule has 80 valence electrons. The first-order valence-corrected chi connectivity index (χ1v) is 5.30. The number of fused-ring (bicyclic) bond motifs is 1. The number of phenols is 1. The minimum Gasteiger partial charge on any atom is -0.508 e. The van der Waals surface area contributed by atoms with E-state index in [4.69, 9.17) is 5.73 Å². The van der Waals surface area contributed by atoms with Gasteiger partial charge in [0.2, 0.25) is 0 Å². The number of unbranched alkanes of at least 4 members (excludes halogenated alkanes) is 1. The van der Waals surface area contributed by atoms with Crippen molar-refractivity contribution in [2.45, 2.75) is 19.3 Å². The second kappa shape index (κ2) is 4.36. The quantitative estimate of drug-likeness (QED) is 0.668. The zero-order valence-electron chi connectivity index (χ0n) is 8.66. The van der Waals surface area contributed by atoms with Gasteiger partial charge in [-0.05, 0) is 50.1 Å². The van der Waals surface area contributed by atoms with Gasteiger partial charge in [-0.1, -0.05) is 0 Å². The fourth-order valence-corrected chi connectivity index (χ4v) is 1.77. The topological polar surface area (TPSA) is 62.0 Å². The summed E-state index contributed by atoms with van der Waals surface area (Å²) in [5.41, 5.74) is 7.74. The van der Waals surface area contributed by atoms with Crippen molar-refractivity contribution in [3.8, 4) is 5.75 Å². The van der Waals surface area contributed by atoms with Crippen molar-refractivity contribution < 1.29 is 5.11 Å². The zero-order valence-corrected chi connectivity index (χ0v) is 8.66. The molecule has 0 amide bonds. The smallest absolute Gasteiger partial charge is 0.116 e. The summed E-state index contributed by atoms with van der Waals surface area (Å²) >= 11 is 0. The Labute approximate surface area is 88.9 Å². The average Bonchev–Trinajstić information content (AvgIpc) is 2.60. The highest BCUT2D eigenvalue weighted by Gasteiger charge is 2.01. The van der Waals surface area contributed by atoms with Gasteiger partial charge in [-0.2, -0.15) is 0 Å². The summed E-state index contributed by atoms with van der Waals surface area (Å²) in [5, 5.41) is 10.4. The highest BCUT2D eigenvalue weighted by molar-refractivity contribution is 5.81. The number of hydrogen-bond acceptors (Lipinski definition) is 2. The monoisotopic (exact) mass is 204 g/mol. The maximum atomic E-state index is 9.32. The number of benzene rings is 1. The van der Waals surface area contributed by atoms with Crippen LogP contribution in [0.5, 0.6) is 5.75 Å². The third-order valence-corrected chi connectivity index (χ3v) is 2.56. The summed E-state index contributed by atoms with van der Waals surface area (Å²) in [7, 11) is 0. The van der Waals surface area contributed by atoms with Crippen molar-refractivity contribution in [2.75, 3.05) is 6.54 Å². The number of aromatic nitrogens is 1. The fraction of sp³-hybridized carbons (Fsp3) is 0.333. The van der Waals surface area contributed by atoms with Crippen LogP contribution in [-0.2, 0) is 6.42 Å². The van der Waals surface area contributed by atoms with E-state index in [1.807, 2.05) is 6.07 Å². The van der Waals surface area contributed by atoms with Crippen molar-refractivity contribution in [1.29, 1.82) is 0 Å². The minimum absolute atomic E-state index is 0.315. The molecule has 0 fully saturated rings. The van der Waals surface area contributed by atoms with Gasteiger partial charge in [-0.25, -0.2) is 0 Å². The number of phenolic OH excluding ortho intramolecular Hbond substituents is 1. The Kier molecular flexibility index (Phi) is 2.92. The summed E-state index contributed by atoms with van der Waals surface area (Å²) in [6, 6.07) is 7.46. The van der Waals surface area contributed by atoms with E-state index in [-0.39, 0.29) is 0 Å². The predicted molar refractivity (Wildman–Crippen MR) is 62.0 cm³/mol. The van der Waals surface area contributed by atoms with E-state index in [9.17, 15) is 5.11 Å². The summed E-state index contributed by atoms with van der Waals surface area (Å²) in [6.45, 7) is 0.751. The van der Waals surface area contributed by atoms with Gasteiger partial charge < -0.3 is 15.8 Å². The van der Waals surface area contributed by atoms with Crippen LogP contribution in [-0.4, -0.2) is 16.6 Å². The number of aryl methyl sites for hydroxylation is 1. The lowest BCUT2D eigenvalue weighted by atomic mass is 10.2. The van der Waals surface area contributed by atoms with E-state index in [0.717, 1.165) is 36.7 Å². The molecule has 15 heavy (non-hydrogen) atoms. The second-order valence-electron chi connectivity index (χ2n) is 3.81. The van der Waals surface area contributed by atoms with Crippen LogP contribution in [0.4, 0.5) is 0 Å². The highest BCUT2D eigenvalue weighted by atomic mass is 16.3. The Hall–Kier alpha value is -1.48.